The Morgan fingerprint density at radius 1 is 1.38 bits per heavy atom. The summed E-state index contributed by atoms with van der Waals surface area (Å²) in [6.07, 6.45) is 3.42. The van der Waals surface area contributed by atoms with Gasteiger partial charge in [0.1, 0.15) is 11.6 Å². The van der Waals surface area contributed by atoms with Gasteiger partial charge < -0.3 is 0 Å². The summed E-state index contributed by atoms with van der Waals surface area (Å²) in [7, 11) is 0. The van der Waals surface area contributed by atoms with Gasteiger partial charge in [0.05, 0.1) is 24.6 Å². The molecule has 0 aromatic carbocycles. The highest BCUT2D eigenvalue weighted by molar-refractivity contribution is 4.93. The number of nitriles is 2. The van der Waals surface area contributed by atoms with Crippen LogP contribution in [0.5, 0.6) is 0 Å². The van der Waals surface area contributed by atoms with Crippen LogP contribution < -0.4 is 0 Å². The van der Waals surface area contributed by atoms with Crippen molar-refractivity contribution < 1.29 is 0 Å². The zero-order valence-electron chi connectivity index (χ0n) is 12.8. The molecule has 0 radical (unpaired) electrons. The van der Waals surface area contributed by atoms with Crippen LogP contribution in [0.3, 0.4) is 0 Å². The third kappa shape index (κ3) is 4.03. The molecule has 1 aromatic rings. The maximum absolute atomic E-state index is 9.22. The Bertz CT molecular complexity index is 549. The molecule has 0 aliphatic carbocycles. The van der Waals surface area contributed by atoms with Gasteiger partial charge in [-0.25, -0.2) is 9.67 Å². The third-order valence-electron chi connectivity index (χ3n) is 4.09. The molecule has 0 spiro atoms. The smallest absolute Gasteiger partial charge is 0.147 e. The van der Waals surface area contributed by atoms with Crippen LogP contribution in [0.25, 0.3) is 0 Å². The Morgan fingerprint density at radius 3 is 2.81 bits per heavy atom. The number of hydrogen-bond acceptors (Lipinski definition) is 5. The summed E-state index contributed by atoms with van der Waals surface area (Å²) in [5.41, 5.74) is 0. The number of aryl methyl sites for hydroxylation is 2. The first kappa shape index (κ1) is 15.5. The largest absolute Gasteiger partial charge is 0.297 e. The summed E-state index contributed by atoms with van der Waals surface area (Å²) in [5, 5.41) is 22.3. The Hall–Kier alpha value is -1.92. The molecule has 0 bridgehead atoms. The normalized spacial score (nSPS) is 20.1. The number of likely N-dealkylation sites (tertiary alicyclic amines) is 1. The van der Waals surface area contributed by atoms with E-state index in [-0.39, 0.29) is 5.92 Å². The molecule has 0 saturated carbocycles. The number of hydrogen-bond donors (Lipinski definition) is 0. The van der Waals surface area contributed by atoms with E-state index in [9.17, 15) is 5.26 Å². The predicted molar refractivity (Wildman–Crippen MR) is 78.0 cm³/mol. The second-order valence-corrected chi connectivity index (χ2v) is 5.70. The third-order valence-corrected chi connectivity index (χ3v) is 4.09. The molecule has 112 valence electrons. The second-order valence-electron chi connectivity index (χ2n) is 5.70. The van der Waals surface area contributed by atoms with Crippen LogP contribution in [0, 0.1) is 42.4 Å². The fourth-order valence-corrected chi connectivity index (χ4v) is 2.99. The Kier molecular flexibility index (Phi) is 5.30. The molecule has 1 saturated heterocycles. The molecule has 0 amide bonds. The molecule has 1 aliphatic rings. The van der Waals surface area contributed by atoms with Crippen molar-refractivity contribution in [2.45, 2.75) is 52.1 Å². The standard InChI is InChI=1S/C15H22N6/c1-12-18-13(2)21(19-12)11-15-6-4-8-20(15)10-14(9-17)5-3-7-16/h14-15H,3-6,8,10-11H2,1-2H3/t14-,15+/m0/s1. The monoisotopic (exact) mass is 286 g/mol. The predicted octanol–water partition coefficient (Wildman–Crippen LogP) is 1.80. The lowest BCUT2D eigenvalue weighted by molar-refractivity contribution is 0.205. The molecule has 1 fully saturated rings. The number of aromatic nitrogens is 3. The van der Waals surface area contributed by atoms with Crippen LogP contribution in [-0.2, 0) is 6.54 Å². The molecule has 0 unspecified atom stereocenters. The van der Waals surface area contributed by atoms with Crippen LogP contribution in [0.1, 0.15) is 37.3 Å². The lowest BCUT2D eigenvalue weighted by Gasteiger charge is -2.26. The van der Waals surface area contributed by atoms with E-state index in [1.807, 2.05) is 18.5 Å². The van der Waals surface area contributed by atoms with Gasteiger partial charge in [-0.15, -0.1) is 0 Å². The molecule has 6 nitrogen and oxygen atoms in total. The zero-order chi connectivity index (χ0) is 15.2. The van der Waals surface area contributed by atoms with Gasteiger partial charge in [0.15, 0.2) is 0 Å². The minimum absolute atomic E-state index is 0.0520. The fourth-order valence-electron chi connectivity index (χ4n) is 2.99. The van der Waals surface area contributed by atoms with Crippen molar-refractivity contribution in [3.63, 3.8) is 0 Å². The maximum atomic E-state index is 9.22. The van der Waals surface area contributed by atoms with Gasteiger partial charge in [0.25, 0.3) is 0 Å². The van der Waals surface area contributed by atoms with Crippen molar-refractivity contribution in [3.05, 3.63) is 11.6 Å². The van der Waals surface area contributed by atoms with Crippen LogP contribution in [0.15, 0.2) is 0 Å². The maximum Gasteiger partial charge on any atom is 0.147 e. The highest BCUT2D eigenvalue weighted by Crippen LogP contribution is 2.21. The summed E-state index contributed by atoms with van der Waals surface area (Å²) in [6, 6.07) is 4.88. The molecular formula is C15H22N6. The molecule has 1 aliphatic heterocycles. The van der Waals surface area contributed by atoms with Crippen molar-refractivity contribution in [2.75, 3.05) is 13.1 Å². The highest BCUT2D eigenvalue weighted by atomic mass is 15.4. The van der Waals surface area contributed by atoms with Crippen molar-refractivity contribution in [3.8, 4) is 12.1 Å². The van der Waals surface area contributed by atoms with E-state index in [1.165, 1.54) is 0 Å². The first-order valence-corrected chi connectivity index (χ1v) is 7.52. The highest BCUT2D eigenvalue weighted by Gasteiger charge is 2.27. The Morgan fingerprint density at radius 2 is 2.19 bits per heavy atom. The quantitative estimate of drug-likeness (QED) is 0.796. The first-order valence-electron chi connectivity index (χ1n) is 7.52. The second kappa shape index (κ2) is 7.19. The van der Waals surface area contributed by atoms with E-state index in [1.54, 1.807) is 0 Å². The van der Waals surface area contributed by atoms with Crippen LogP contribution in [0.2, 0.25) is 0 Å². The van der Waals surface area contributed by atoms with Gasteiger partial charge in [-0.1, -0.05) is 0 Å². The van der Waals surface area contributed by atoms with E-state index in [0.717, 1.165) is 44.1 Å². The van der Waals surface area contributed by atoms with Gasteiger partial charge in [-0.05, 0) is 39.7 Å². The van der Waals surface area contributed by atoms with E-state index in [0.29, 0.717) is 18.9 Å². The SMILES string of the molecule is Cc1nc(C)n(C[C@H]2CCCN2C[C@H](C#N)CCC#N)n1. The van der Waals surface area contributed by atoms with E-state index >= 15 is 0 Å². The minimum atomic E-state index is -0.0520. The molecule has 2 rings (SSSR count). The Labute approximate surface area is 126 Å². The minimum Gasteiger partial charge on any atom is -0.297 e. The molecule has 2 atom stereocenters. The molecule has 1 aromatic heterocycles. The summed E-state index contributed by atoms with van der Waals surface area (Å²) in [6.45, 7) is 6.51. The topological polar surface area (TPSA) is 81.5 Å². The molecule has 2 heterocycles. The van der Waals surface area contributed by atoms with E-state index < -0.39 is 0 Å². The lowest BCUT2D eigenvalue weighted by Crippen LogP contribution is -2.37. The summed E-state index contributed by atoms with van der Waals surface area (Å²) < 4.78 is 1.97. The van der Waals surface area contributed by atoms with Gasteiger partial charge in [0, 0.05) is 19.0 Å². The molecule has 0 N–H and O–H groups in total. The van der Waals surface area contributed by atoms with E-state index in [2.05, 4.69) is 27.1 Å². The van der Waals surface area contributed by atoms with Gasteiger partial charge in [-0.3, -0.25) is 4.90 Å². The fraction of sp³-hybridized carbons (Fsp3) is 0.733. The van der Waals surface area contributed by atoms with Crippen molar-refractivity contribution >= 4 is 0 Å². The summed E-state index contributed by atoms with van der Waals surface area (Å²) in [4.78, 5) is 6.72. The number of nitrogens with zero attached hydrogens (tertiary/aromatic N) is 6. The number of rotatable bonds is 6. The molecule has 21 heavy (non-hydrogen) atoms. The van der Waals surface area contributed by atoms with Gasteiger partial charge in [-0.2, -0.15) is 15.6 Å². The first-order chi connectivity index (χ1) is 10.1. The zero-order valence-corrected chi connectivity index (χ0v) is 12.8. The van der Waals surface area contributed by atoms with Gasteiger partial charge >= 0.3 is 0 Å². The van der Waals surface area contributed by atoms with Crippen molar-refractivity contribution in [2.24, 2.45) is 5.92 Å². The van der Waals surface area contributed by atoms with Gasteiger partial charge in [0.2, 0.25) is 0 Å². The van der Waals surface area contributed by atoms with Crippen LogP contribution in [0.4, 0.5) is 0 Å². The average molecular weight is 286 g/mol. The van der Waals surface area contributed by atoms with Crippen LogP contribution in [-0.4, -0.2) is 38.8 Å². The molecule has 6 heteroatoms. The van der Waals surface area contributed by atoms with Crippen molar-refractivity contribution in [1.29, 1.82) is 10.5 Å². The Balaban J connectivity index is 1.95. The summed E-state index contributed by atoms with van der Waals surface area (Å²) in [5.74, 6) is 1.70. The summed E-state index contributed by atoms with van der Waals surface area (Å²) >= 11 is 0. The van der Waals surface area contributed by atoms with Crippen molar-refractivity contribution in [1.82, 2.24) is 19.7 Å². The van der Waals surface area contributed by atoms with Crippen LogP contribution >= 0.6 is 0 Å². The van der Waals surface area contributed by atoms with E-state index in [4.69, 9.17) is 5.26 Å². The molecular weight excluding hydrogens is 264 g/mol. The lowest BCUT2D eigenvalue weighted by atomic mass is 10.0. The average Bonchev–Trinajstić information content (AvgIpc) is 3.02.